The molecule has 0 aliphatic heterocycles. The van der Waals surface area contributed by atoms with Gasteiger partial charge in [-0.15, -0.1) is 0 Å². The van der Waals surface area contributed by atoms with Gasteiger partial charge in [0.2, 0.25) is 6.08 Å². The van der Waals surface area contributed by atoms with Crippen LogP contribution in [0.2, 0.25) is 0 Å². The molecule has 1 aliphatic carbocycles. The number of rotatable bonds is 3. The third kappa shape index (κ3) is 2.43. The first kappa shape index (κ1) is 13.8. The van der Waals surface area contributed by atoms with E-state index in [1.165, 1.54) is 11.1 Å². The van der Waals surface area contributed by atoms with Crippen molar-refractivity contribution in [2.75, 3.05) is 7.11 Å². The number of isocyanates is 1. The summed E-state index contributed by atoms with van der Waals surface area (Å²) in [5.41, 5.74) is 3.14. The van der Waals surface area contributed by atoms with Gasteiger partial charge in [0, 0.05) is 0 Å². The summed E-state index contributed by atoms with van der Waals surface area (Å²) < 4.78 is 5.53. The van der Waals surface area contributed by atoms with Crippen LogP contribution in [0.15, 0.2) is 17.1 Å². The van der Waals surface area contributed by atoms with E-state index in [9.17, 15) is 4.79 Å². The second kappa shape index (κ2) is 4.50. The summed E-state index contributed by atoms with van der Waals surface area (Å²) in [5, 5.41) is 0. The molecular weight excluding hydrogens is 238 g/mol. The van der Waals surface area contributed by atoms with Gasteiger partial charge in [-0.05, 0) is 47.9 Å². The molecule has 1 aromatic carbocycles. The molecule has 2 rings (SSSR count). The van der Waals surface area contributed by atoms with Gasteiger partial charge in [-0.25, -0.2) is 4.79 Å². The van der Waals surface area contributed by atoms with Crippen LogP contribution in [-0.4, -0.2) is 13.2 Å². The van der Waals surface area contributed by atoms with Crippen LogP contribution in [-0.2, 0) is 15.7 Å². The molecule has 0 unspecified atom stereocenters. The van der Waals surface area contributed by atoms with Gasteiger partial charge in [0.25, 0.3) is 0 Å². The first-order valence-corrected chi connectivity index (χ1v) is 6.63. The van der Waals surface area contributed by atoms with Crippen LogP contribution in [0.3, 0.4) is 0 Å². The zero-order valence-electron chi connectivity index (χ0n) is 12.3. The molecule has 1 fully saturated rings. The van der Waals surface area contributed by atoms with Crippen LogP contribution in [0.4, 0.5) is 0 Å². The molecule has 1 aromatic rings. The molecule has 0 atom stereocenters. The lowest BCUT2D eigenvalue weighted by Gasteiger charge is -2.25. The standard InChI is InChI=1S/C16H21NO2/c1-11-8-13(15(2,3)4)14(19-5)9-12(11)16(6-7-16)17-10-18/h8-9H,6-7H2,1-5H3. The van der Waals surface area contributed by atoms with E-state index in [4.69, 9.17) is 4.74 Å². The first-order valence-electron chi connectivity index (χ1n) is 6.63. The van der Waals surface area contributed by atoms with Crippen LogP contribution in [0, 0.1) is 6.92 Å². The summed E-state index contributed by atoms with van der Waals surface area (Å²) in [6, 6.07) is 4.21. The maximum absolute atomic E-state index is 10.6. The van der Waals surface area contributed by atoms with E-state index < -0.39 is 0 Å². The molecule has 3 heteroatoms. The van der Waals surface area contributed by atoms with Crippen molar-refractivity contribution in [3.8, 4) is 5.75 Å². The predicted octanol–water partition coefficient (Wildman–Crippen LogP) is 3.63. The first-order chi connectivity index (χ1) is 8.84. The summed E-state index contributed by atoms with van der Waals surface area (Å²) in [7, 11) is 1.69. The largest absolute Gasteiger partial charge is 0.496 e. The Balaban J connectivity index is 2.58. The molecule has 0 heterocycles. The number of benzene rings is 1. The normalized spacial score (nSPS) is 16.7. The smallest absolute Gasteiger partial charge is 0.235 e. The Hall–Kier alpha value is -1.60. The van der Waals surface area contributed by atoms with Gasteiger partial charge < -0.3 is 4.74 Å². The highest BCUT2D eigenvalue weighted by molar-refractivity contribution is 5.51. The zero-order chi connectivity index (χ0) is 14.3. The van der Waals surface area contributed by atoms with Gasteiger partial charge in [-0.2, -0.15) is 4.99 Å². The van der Waals surface area contributed by atoms with E-state index >= 15 is 0 Å². The monoisotopic (exact) mass is 259 g/mol. The molecule has 0 saturated heterocycles. The second-order valence-electron chi connectivity index (χ2n) is 6.35. The number of carbonyl (C=O) groups excluding carboxylic acids is 1. The lowest BCUT2D eigenvalue weighted by atomic mass is 9.83. The average molecular weight is 259 g/mol. The fourth-order valence-electron chi connectivity index (χ4n) is 2.59. The second-order valence-corrected chi connectivity index (χ2v) is 6.35. The Kier molecular flexibility index (Phi) is 3.27. The lowest BCUT2D eigenvalue weighted by Crippen LogP contribution is -2.15. The fourth-order valence-corrected chi connectivity index (χ4v) is 2.59. The van der Waals surface area contributed by atoms with Crippen molar-refractivity contribution < 1.29 is 9.53 Å². The molecule has 0 radical (unpaired) electrons. The minimum Gasteiger partial charge on any atom is -0.496 e. The van der Waals surface area contributed by atoms with Crippen molar-refractivity contribution in [1.29, 1.82) is 0 Å². The van der Waals surface area contributed by atoms with Gasteiger partial charge >= 0.3 is 0 Å². The fraction of sp³-hybridized carbons (Fsp3) is 0.562. The van der Waals surface area contributed by atoms with Crippen molar-refractivity contribution in [2.24, 2.45) is 4.99 Å². The van der Waals surface area contributed by atoms with E-state index in [0.29, 0.717) is 0 Å². The summed E-state index contributed by atoms with van der Waals surface area (Å²) in [5.74, 6) is 0.875. The van der Waals surface area contributed by atoms with E-state index in [2.05, 4.69) is 38.8 Å². The molecular formula is C16H21NO2. The van der Waals surface area contributed by atoms with E-state index in [1.54, 1.807) is 13.2 Å². The van der Waals surface area contributed by atoms with Gasteiger partial charge in [-0.3, -0.25) is 0 Å². The summed E-state index contributed by atoms with van der Waals surface area (Å²) in [6.45, 7) is 8.58. The molecule has 3 nitrogen and oxygen atoms in total. The van der Waals surface area contributed by atoms with Crippen LogP contribution < -0.4 is 4.74 Å². The molecule has 1 aliphatic rings. The molecule has 0 amide bonds. The Bertz CT molecular complexity index is 545. The quantitative estimate of drug-likeness (QED) is 0.614. The zero-order valence-corrected chi connectivity index (χ0v) is 12.3. The minimum atomic E-state index is -0.338. The SMILES string of the molecule is COc1cc(C2(N=C=O)CC2)c(C)cc1C(C)(C)C. The van der Waals surface area contributed by atoms with Crippen LogP contribution >= 0.6 is 0 Å². The number of methoxy groups -OCH3 is 1. The third-order valence-electron chi connectivity index (χ3n) is 3.84. The number of aryl methyl sites for hydroxylation is 1. The van der Waals surface area contributed by atoms with Gasteiger partial charge in [0.05, 0.1) is 12.6 Å². The Morgan fingerprint density at radius 3 is 2.37 bits per heavy atom. The number of ether oxygens (including phenoxy) is 1. The summed E-state index contributed by atoms with van der Waals surface area (Å²) in [6.07, 6.45) is 3.55. The van der Waals surface area contributed by atoms with E-state index in [1.807, 2.05) is 6.07 Å². The van der Waals surface area contributed by atoms with Crippen LogP contribution in [0.1, 0.15) is 50.3 Å². The average Bonchev–Trinajstić information content (AvgIpc) is 3.09. The Labute approximate surface area is 114 Å². The summed E-state index contributed by atoms with van der Waals surface area (Å²) in [4.78, 5) is 14.6. The number of nitrogens with zero attached hydrogens (tertiary/aromatic N) is 1. The van der Waals surface area contributed by atoms with Gasteiger partial charge in [0.15, 0.2) is 0 Å². The molecule has 0 bridgehead atoms. The maximum Gasteiger partial charge on any atom is 0.235 e. The molecule has 1 saturated carbocycles. The number of aliphatic imine (C=N–C) groups is 1. The molecule has 0 spiro atoms. The van der Waals surface area contributed by atoms with Gasteiger partial charge in [0.1, 0.15) is 5.75 Å². The maximum atomic E-state index is 10.6. The lowest BCUT2D eigenvalue weighted by molar-refractivity contribution is 0.396. The van der Waals surface area contributed by atoms with Crippen molar-refractivity contribution in [3.05, 3.63) is 28.8 Å². The van der Waals surface area contributed by atoms with Crippen molar-refractivity contribution >= 4 is 6.08 Å². The topological polar surface area (TPSA) is 38.7 Å². The Morgan fingerprint density at radius 1 is 1.32 bits per heavy atom. The van der Waals surface area contributed by atoms with Crippen molar-refractivity contribution in [1.82, 2.24) is 0 Å². The Morgan fingerprint density at radius 2 is 1.95 bits per heavy atom. The van der Waals surface area contributed by atoms with Crippen LogP contribution in [0.25, 0.3) is 0 Å². The van der Waals surface area contributed by atoms with Crippen LogP contribution in [0.5, 0.6) is 5.75 Å². The number of hydrogen-bond donors (Lipinski definition) is 0. The van der Waals surface area contributed by atoms with Crippen molar-refractivity contribution in [3.63, 3.8) is 0 Å². The highest BCUT2D eigenvalue weighted by Crippen LogP contribution is 2.52. The van der Waals surface area contributed by atoms with E-state index in [-0.39, 0.29) is 11.0 Å². The molecule has 19 heavy (non-hydrogen) atoms. The highest BCUT2D eigenvalue weighted by atomic mass is 16.5. The number of hydrogen-bond acceptors (Lipinski definition) is 3. The molecule has 0 aromatic heterocycles. The van der Waals surface area contributed by atoms with E-state index in [0.717, 1.165) is 24.2 Å². The predicted molar refractivity (Wildman–Crippen MR) is 75.5 cm³/mol. The summed E-state index contributed by atoms with van der Waals surface area (Å²) >= 11 is 0. The van der Waals surface area contributed by atoms with Crippen molar-refractivity contribution in [2.45, 2.75) is 51.5 Å². The van der Waals surface area contributed by atoms with Gasteiger partial charge in [-0.1, -0.05) is 26.8 Å². The minimum absolute atomic E-state index is 0.0271. The molecule has 0 N–H and O–H groups in total. The molecule has 102 valence electrons. The highest BCUT2D eigenvalue weighted by Gasteiger charge is 2.46. The third-order valence-corrected chi connectivity index (χ3v) is 3.84.